The van der Waals surface area contributed by atoms with Crippen LogP contribution in [0.25, 0.3) is 6.08 Å². The molecule has 1 fully saturated rings. The molecule has 8 heteroatoms. The molecule has 1 N–H and O–H groups in total. The molecule has 1 aliphatic heterocycles. The highest BCUT2D eigenvalue weighted by molar-refractivity contribution is 8.18. The molecule has 1 saturated heterocycles. The van der Waals surface area contributed by atoms with Crippen LogP contribution >= 0.6 is 11.8 Å². The Kier molecular flexibility index (Phi) is 6.56. The van der Waals surface area contributed by atoms with Crippen molar-refractivity contribution in [1.82, 2.24) is 4.90 Å². The van der Waals surface area contributed by atoms with Crippen LogP contribution in [0.1, 0.15) is 17.5 Å². The Hall–Kier alpha value is -3.26. The van der Waals surface area contributed by atoms with Crippen LogP contribution in [0, 0.1) is 0 Å². The van der Waals surface area contributed by atoms with Crippen LogP contribution in [0.4, 0.5) is 4.79 Å². The average molecular weight is 413 g/mol. The fraction of sp³-hybridized carbons (Fsp3) is 0.190. The predicted octanol–water partition coefficient (Wildman–Crippen LogP) is 3.79. The first kappa shape index (κ1) is 20.5. The summed E-state index contributed by atoms with van der Waals surface area (Å²) in [4.78, 5) is 37.1. The molecule has 29 heavy (non-hydrogen) atoms. The molecular formula is C21H19NO6S. The molecule has 0 bridgehead atoms. The van der Waals surface area contributed by atoms with E-state index in [1.807, 2.05) is 30.3 Å². The number of carbonyl (C=O) groups is 3. The van der Waals surface area contributed by atoms with Gasteiger partial charge in [0.05, 0.1) is 31.6 Å². The van der Waals surface area contributed by atoms with Crippen molar-refractivity contribution >= 4 is 35.0 Å². The molecule has 150 valence electrons. The summed E-state index contributed by atoms with van der Waals surface area (Å²) in [5, 5.41) is 8.38. The number of amides is 2. The first-order valence-electron chi connectivity index (χ1n) is 8.80. The number of carboxylic acids is 1. The van der Waals surface area contributed by atoms with Gasteiger partial charge in [0.2, 0.25) is 0 Å². The molecule has 0 atom stereocenters. The first-order chi connectivity index (χ1) is 14.0. The fourth-order valence-electron chi connectivity index (χ4n) is 2.70. The molecule has 0 radical (unpaired) electrons. The summed E-state index contributed by atoms with van der Waals surface area (Å²) in [5.74, 6) is -0.479. The van der Waals surface area contributed by atoms with E-state index in [9.17, 15) is 14.4 Å². The number of ether oxygens (including phenoxy) is 2. The van der Waals surface area contributed by atoms with E-state index in [0.29, 0.717) is 22.0 Å². The number of carboxylic acid groups (broad SMARTS) is 1. The fourth-order valence-corrected chi connectivity index (χ4v) is 3.53. The zero-order chi connectivity index (χ0) is 20.8. The summed E-state index contributed by atoms with van der Waals surface area (Å²) in [5.41, 5.74) is 1.54. The van der Waals surface area contributed by atoms with Gasteiger partial charge in [-0.1, -0.05) is 36.4 Å². The summed E-state index contributed by atoms with van der Waals surface area (Å²) >= 11 is 0.892. The molecular weight excluding hydrogens is 394 g/mol. The van der Waals surface area contributed by atoms with Crippen molar-refractivity contribution in [2.45, 2.75) is 13.0 Å². The molecule has 1 aliphatic rings. The van der Waals surface area contributed by atoms with Gasteiger partial charge < -0.3 is 14.6 Å². The number of thioether (sulfide) groups is 1. The van der Waals surface area contributed by atoms with Crippen molar-refractivity contribution in [2.24, 2.45) is 0 Å². The Morgan fingerprint density at radius 1 is 1.14 bits per heavy atom. The minimum atomic E-state index is -0.952. The lowest BCUT2D eigenvalue weighted by Crippen LogP contribution is -2.27. The second kappa shape index (κ2) is 9.29. The molecule has 7 nitrogen and oxygen atoms in total. The largest absolute Gasteiger partial charge is 0.493 e. The third-order valence-corrected chi connectivity index (χ3v) is 5.02. The maximum absolute atomic E-state index is 12.7. The third-order valence-electron chi connectivity index (χ3n) is 4.12. The highest BCUT2D eigenvalue weighted by Gasteiger charge is 2.34. The Morgan fingerprint density at radius 3 is 2.59 bits per heavy atom. The van der Waals surface area contributed by atoms with Gasteiger partial charge in [-0.25, -0.2) is 0 Å². The van der Waals surface area contributed by atoms with Gasteiger partial charge in [-0.3, -0.25) is 19.3 Å². The van der Waals surface area contributed by atoms with E-state index >= 15 is 0 Å². The Bertz CT molecular complexity index is 957. The number of carbonyl (C=O) groups excluding carboxylic acids is 2. The van der Waals surface area contributed by atoms with Crippen LogP contribution in [0.5, 0.6) is 11.5 Å². The molecule has 2 aromatic rings. The quantitative estimate of drug-likeness (QED) is 0.658. The number of hydrogen-bond acceptors (Lipinski definition) is 6. The molecule has 1 heterocycles. The molecule has 0 spiro atoms. The zero-order valence-electron chi connectivity index (χ0n) is 15.7. The van der Waals surface area contributed by atoms with Gasteiger partial charge in [0.25, 0.3) is 11.1 Å². The SMILES string of the molecule is COc1cc(/C=C2/SC(=O)N(Cc3ccccc3)C2=O)ccc1OCCC(=O)O. The molecule has 0 aromatic heterocycles. The van der Waals surface area contributed by atoms with Crippen molar-refractivity contribution in [2.75, 3.05) is 13.7 Å². The van der Waals surface area contributed by atoms with E-state index in [2.05, 4.69) is 0 Å². The van der Waals surface area contributed by atoms with Gasteiger partial charge in [-0.15, -0.1) is 0 Å². The van der Waals surface area contributed by atoms with E-state index in [1.165, 1.54) is 12.0 Å². The van der Waals surface area contributed by atoms with E-state index in [4.69, 9.17) is 14.6 Å². The summed E-state index contributed by atoms with van der Waals surface area (Å²) in [6, 6.07) is 14.3. The van der Waals surface area contributed by atoms with Gasteiger partial charge in [-0.2, -0.15) is 0 Å². The Morgan fingerprint density at radius 2 is 1.90 bits per heavy atom. The van der Waals surface area contributed by atoms with E-state index in [0.717, 1.165) is 17.3 Å². The van der Waals surface area contributed by atoms with Gasteiger partial charge in [0.15, 0.2) is 11.5 Å². The van der Waals surface area contributed by atoms with E-state index < -0.39 is 5.97 Å². The van der Waals surface area contributed by atoms with Crippen LogP contribution in [-0.4, -0.2) is 40.8 Å². The maximum Gasteiger partial charge on any atom is 0.306 e. The van der Waals surface area contributed by atoms with E-state index in [-0.39, 0.29) is 30.7 Å². The number of hydrogen-bond donors (Lipinski definition) is 1. The molecule has 0 saturated carbocycles. The molecule has 0 unspecified atom stereocenters. The van der Waals surface area contributed by atoms with Crippen LogP contribution in [-0.2, 0) is 16.1 Å². The maximum atomic E-state index is 12.7. The summed E-state index contributed by atoms with van der Waals surface area (Å²) < 4.78 is 10.7. The first-order valence-corrected chi connectivity index (χ1v) is 9.61. The molecule has 2 amide bonds. The lowest BCUT2D eigenvalue weighted by Gasteiger charge is -2.12. The molecule has 3 rings (SSSR count). The topological polar surface area (TPSA) is 93.1 Å². The number of aliphatic carboxylic acids is 1. The van der Waals surface area contributed by atoms with Crippen LogP contribution in [0.2, 0.25) is 0 Å². The number of imide groups is 1. The second-order valence-corrected chi connectivity index (χ2v) is 7.15. The normalized spacial score (nSPS) is 15.1. The van der Waals surface area contributed by atoms with Crippen LogP contribution in [0.3, 0.4) is 0 Å². The van der Waals surface area contributed by atoms with Crippen molar-refractivity contribution in [3.63, 3.8) is 0 Å². The zero-order valence-corrected chi connectivity index (χ0v) is 16.5. The molecule has 2 aromatic carbocycles. The highest BCUT2D eigenvalue weighted by atomic mass is 32.2. The van der Waals surface area contributed by atoms with Crippen LogP contribution < -0.4 is 9.47 Å². The third kappa shape index (κ3) is 5.17. The minimum absolute atomic E-state index is 0.0173. The van der Waals surface area contributed by atoms with Crippen molar-refractivity contribution in [1.29, 1.82) is 0 Å². The Labute approximate surface area is 171 Å². The monoisotopic (exact) mass is 413 g/mol. The average Bonchev–Trinajstić information content (AvgIpc) is 2.96. The summed E-state index contributed by atoms with van der Waals surface area (Å²) in [6.45, 7) is 0.242. The van der Waals surface area contributed by atoms with Gasteiger partial charge in [0, 0.05) is 0 Å². The smallest absolute Gasteiger partial charge is 0.306 e. The number of nitrogens with zero attached hydrogens (tertiary/aromatic N) is 1. The number of benzene rings is 2. The summed E-state index contributed by atoms with van der Waals surface area (Å²) in [6.07, 6.45) is 1.50. The number of methoxy groups -OCH3 is 1. The van der Waals surface area contributed by atoms with Crippen molar-refractivity contribution in [3.05, 3.63) is 64.6 Å². The second-order valence-electron chi connectivity index (χ2n) is 6.16. The van der Waals surface area contributed by atoms with Crippen molar-refractivity contribution in [3.8, 4) is 11.5 Å². The highest BCUT2D eigenvalue weighted by Crippen LogP contribution is 2.35. The lowest BCUT2D eigenvalue weighted by atomic mass is 10.1. The standard InChI is InChI=1S/C21H19NO6S/c1-27-17-11-15(7-8-16(17)28-10-9-19(23)24)12-18-20(25)22(21(26)29-18)13-14-5-3-2-4-6-14/h2-8,11-12H,9-10,13H2,1H3,(H,23,24)/b18-12+. The van der Waals surface area contributed by atoms with Crippen LogP contribution in [0.15, 0.2) is 53.4 Å². The van der Waals surface area contributed by atoms with Gasteiger partial charge in [-0.05, 0) is 41.1 Å². The lowest BCUT2D eigenvalue weighted by molar-refractivity contribution is -0.137. The van der Waals surface area contributed by atoms with Gasteiger partial charge in [0.1, 0.15) is 0 Å². The Balaban J connectivity index is 1.74. The molecule has 0 aliphatic carbocycles. The number of rotatable bonds is 8. The van der Waals surface area contributed by atoms with E-state index in [1.54, 1.807) is 24.3 Å². The van der Waals surface area contributed by atoms with Gasteiger partial charge >= 0.3 is 5.97 Å². The minimum Gasteiger partial charge on any atom is -0.493 e. The predicted molar refractivity (Wildman–Crippen MR) is 109 cm³/mol. The van der Waals surface area contributed by atoms with Crippen molar-refractivity contribution < 1.29 is 29.0 Å². The summed E-state index contributed by atoms with van der Waals surface area (Å²) in [7, 11) is 1.47.